The van der Waals surface area contributed by atoms with Crippen molar-refractivity contribution >= 4 is 0 Å². The van der Waals surface area contributed by atoms with E-state index in [2.05, 4.69) is 10.4 Å². The highest BCUT2D eigenvalue weighted by Gasteiger charge is 2.35. The fourth-order valence-electron chi connectivity index (χ4n) is 1.19. The summed E-state index contributed by atoms with van der Waals surface area (Å²) in [6.07, 6.45) is -3.15. The van der Waals surface area contributed by atoms with Gasteiger partial charge in [-0.3, -0.25) is 5.10 Å². The molecule has 0 unspecified atom stereocenters. The van der Waals surface area contributed by atoms with Gasteiger partial charge in [-0.25, -0.2) is 0 Å². The van der Waals surface area contributed by atoms with Crippen LogP contribution in [0.4, 0.5) is 13.2 Å². The molecule has 3 nitrogen and oxygen atoms in total. The van der Waals surface area contributed by atoms with Crippen molar-refractivity contribution in [3.05, 3.63) is 17.5 Å². The van der Waals surface area contributed by atoms with Crippen LogP contribution in [-0.4, -0.2) is 16.7 Å². The third-order valence-electron chi connectivity index (χ3n) is 1.87. The molecule has 1 aromatic rings. The second kappa shape index (κ2) is 4.65. The molecular formula is C9H14F3N3. The molecule has 1 heterocycles. The molecule has 0 saturated heterocycles. The third-order valence-corrected chi connectivity index (χ3v) is 1.87. The molecule has 0 bridgehead atoms. The van der Waals surface area contributed by atoms with E-state index in [9.17, 15) is 13.2 Å². The molecule has 2 N–H and O–H groups in total. The molecule has 0 fully saturated rings. The molecule has 0 amide bonds. The Morgan fingerprint density at radius 1 is 1.47 bits per heavy atom. The zero-order valence-electron chi connectivity index (χ0n) is 8.65. The van der Waals surface area contributed by atoms with Gasteiger partial charge in [-0.2, -0.15) is 18.3 Å². The normalized spacial score (nSPS) is 12.4. The Kier molecular flexibility index (Phi) is 3.73. The van der Waals surface area contributed by atoms with Gasteiger partial charge in [0.05, 0.1) is 6.20 Å². The first kappa shape index (κ1) is 12.0. The largest absolute Gasteiger partial charge is 0.433 e. The van der Waals surface area contributed by atoms with Gasteiger partial charge >= 0.3 is 6.18 Å². The van der Waals surface area contributed by atoms with Crippen LogP contribution in [0.2, 0.25) is 0 Å². The lowest BCUT2D eigenvalue weighted by Gasteiger charge is -2.09. The second-order valence-corrected chi connectivity index (χ2v) is 3.79. The van der Waals surface area contributed by atoms with E-state index in [0.29, 0.717) is 12.5 Å². The number of aromatic nitrogens is 2. The van der Waals surface area contributed by atoms with E-state index in [1.165, 1.54) is 6.20 Å². The number of nitrogens with one attached hydrogen (secondary N) is 2. The topological polar surface area (TPSA) is 40.7 Å². The number of aromatic amines is 1. The van der Waals surface area contributed by atoms with Crippen LogP contribution >= 0.6 is 0 Å². The number of hydrogen-bond donors (Lipinski definition) is 2. The van der Waals surface area contributed by atoms with Gasteiger partial charge in [0.25, 0.3) is 0 Å². The first-order valence-corrected chi connectivity index (χ1v) is 4.71. The number of halogens is 3. The lowest BCUT2D eigenvalue weighted by Crippen LogP contribution is -2.20. The minimum Gasteiger partial charge on any atom is -0.312 e. The zero-order chi connectivity index (χ0) is 11.5. The standard InChI is InChI=1S/C9H14F3N3/c1-6(2)3-13-4-7-5-14-15-8(7)9(10,11)12/h5-6,13H,3-4H2,1-2H3,(H,14,15). The average molecular weight is 221 g/mol. The van der Waals surface area contributed by atoms with Crippen molar-refractivity contribution < 1.29 is 13.2 Å². The van der Waals surface area contributed by atoms with E-state index in [0.717, 1.165) is 0 Å². The molecule has 0 spiro atoms. The summed E-state index contributed by atoms with van der Waals surface area (Å²) < 4.78 is 37.1. The summed E-state index contributed by atoms with van der Waals surface area (Å²) in [6.45, 7) is 4.85. The number of rotatable bonds is 4. The fourth-order valence-corrected chi connectivity index (χ4v) is 1.19. The summed E-state index contributed by atoms with van der Waals surface area (Å²) in [5, 5.41) is 8.31. The Morgan fingerprint density at radius 3 is 2.67 bits per heavy atom. The van der Waals surface area contributed by atoms with Crippen LogP contribution in [0.25, 0.3) is 0 Å². The van der Waals surface area contributed by atoms with Crippen molar-refractivity contribution in [2.75, 3.05) is 6.54 Å². The molecule has 0 aliphatic rings. The summed E-state index contributed by atoms with van der Waals surface area (Å²) >= 11 is 0. The van der Waals surface area contributed by atoms with Gasteiger partial charge < -0.3 is 5.32 Å². The first-order chi connectivity index (χ1) is 6.91. The molecule has 0 aromatic carbocycles. The first-order valence-electron chi connectivity index (χ1n) is 4.71. The molecule has 1 aromatic heterocycles. The van der Waals surface area contributed by atoms with Gasteiger partial charge in [-0.1, -0.05) is 13.8 Å². The number of H-pyrrole nitrogens is 1. The molecule has 15 heavy (non-hydrogen) atoms. The molecule has 0 atom stereocenters. The molecule has 1 rings (SSSR count). The molecule has 0 aliphatic heterocycles. The van der Waals surface area contributed by atoms with Crippen LogP contribution < -0.4 is 5.32 Å². The minimum absolute atomic E-state index is 0.156. The Bertz CT molecular complexity index is 304. The van der Waals surface area contributed by atoms with Crippen LogP contribution in [0.15, 0.2) is 6.20 Å². The third kappa shape index (κ3) is 3.54. The smallest absolute Gasteiger partial charge is 0.312 e. The van der Waals surface area contributed by atoms with E-state index >= 15 is 0 Å². The highest BCUT2D eigenvalue weighted by Crippen LogP contribution is 2.29. The maximum absolute atomic E-state index is 12.4. The lowest BCUT2D eigenvalue weighted by molar-refractivity contribution is -0.141. The van der Waals surface area contributed by atoms with E-state index in [1.54, 1.807) is 0 Å². The van der Waals surface area contributed by atoms with Gasteiger partial charge in [0, 0.05) is 12.1 Å². The Morgan fingerprint density at radius 2 is 2.13 bits per heavy atom. The van der Waals surface area contributed by atoms with Crippen molar-refractivity contribution in [3.63, 3.8) is 0 Å². The van der Waals surface area contributed by atoms with Crippen LogP contribution in [0, 0.1) is 5.92 Å². The van der Waals surface area contributed by atoms with Gasteiger partial charge in [0.2, 0.25) is 0 Å². The molecule has 0 saturated carbocycles. The second-order valence-electron chi connectivity index (χ2n) is 3.79. The van der Waals surface area contributed by atoms with Crippen molar-refractivity contribution in [1.82, 2.24) is 15.5 Å². The monoisotopic (exact) mass is 221 g/mol. The quantitative estimate of drug-likeness (QED) is 0.818. The van der Waals surface area contributed by atoms with Gasteiger partial charge in [-0.15, -0.1) is 0 Å². The Labute approximate surface area is 86.1 Å². The highest BCUT2D eigenvalue weighted by atomic mass is 19.4. The molecule has 6 heteroatoms. The van der Waals surface area contributed by atoms with E-state index < -0.39 is 11.9 Å². The summed E-state index contributed by atoms with van der Waals surface area (Å²) in [5.41, 5.74) is -0.609. The van der Waals surface area contributed by atoms with Crippen molar-refractivity contribution in [1.29, 1.82) is 0 Å². The van der Waals surface area contributed by atoms with Gasteiger partial charge in [0.15, 0.2) is 0 Å². The summed E-state index contributed by atoms with van der Waals surface area (Å²) in [5.74, 6) is 0.409. The number of alkyl halides is 3. The van der Waals surface area contributed by atoms with Crippen LogP contribution in [0.1, 0.15) is 25.1 Å². The van der Waals surface area contributed by atoms with E-state index in [4.69, 9.17) is 0 Å². The SMILES string of the molecule is CC(C)CNCc1cn[nH]c1C(F)(F)F. The van der Waals surface area contributed by atoms with Gasteiger partial charge in [0.1, 0.15) is 5.69 Å². The number of nitrogens with zero attached hydrogens (tertiary/aromatic N) is 1. The zero-order valence-corrected chi connectivity index (χ0v) is 8.65. The van der Waals surface area contributed by atoms with Crippen molar-refractivity contribution in [3.8, 4) is 0 Å². The van der Waals surface area contributed by atoms with Crippen LogP contribution in [0.5, 0.6) is 0 Å². The minimum atomic E-state index is -4.36. The Hall–Kier alpha value is -1.04. The highest BCUT2D eigenvalue weighted by molar-refractivity contribution is 5.18. The Balaban J connectivity index is 2.58. The molecule has 0 aliphatic carbocycles. The van der Waals surface area contributed by atoms with Crippen LogP contribution in [0.3, 0.4) is 0 Å². The van der Waals surface area contributed by atoms with Crippen molar-refractivity contribution in [2.45, 2.75) is 26.6 Å². The summed E-state index contributed by atoms with van der Waals surface area (Å²) in [6, 6.07) is 0. The van der Waals surface area contributed by atoms with Gasteiger partial charge in [-0.05, 0) is 12.5 Å². The number of hydrogen-bond acceptors (Lipinski definition) is 2. The van der Waals surface area contributed by atoms with E-state index in [-0.39, 0.29) is 12.1 Å². The van der Waals surface area contributed by atoms with Crippen molar-refractivity contribution in [2.24, 2.45) is 5.92 Å². The fraction of sp³-hybridized carbons (Fsp3) is 0.667. The van der Waals surface area contributed by atoms with E-state index in [1.807, 2.05) is 18.9 Å². The maximum Gasteiger partial charge on any atom is 0.433 e. The molecular weight excluding hydrogens is 207 g/mol. The predicted molar refractivity (Wildman–Crippen MR) is 50.1 cm³/mol. The predicted octanol–water partition coefficient (Wildman–Crippen LogP) is 2.17. The summed E-state index contributed by atoms with van der Waals surface area (Å²) in [4.78, 5) is 0. The van der Waals surface area contributed by atoms with Crippen LogP contribution in [-0.2, 0) is 12.7 Å². The molecule has 0 radical (unpaired) electrons. The summed E-state index contributed by atoms with van der Waals surface area (Å²) in [7, 11) is 0. The maximum atomic E-state index is 12.4. The lowest BCUT2D eigenvalue weighted by atomic mass is 10.2. The molecule has 86 valence electrons. The average Bonchev–Trinajstić information content (AvgIpc) is 2.50.